The van der Waals surface area contributed by atoms with Gasteiger partial charge in [0.1, 0.15) is 5.78 Å². The Balaban J connectivity index is 1.33. The van der Waals surface area contributed by atoms with Gasteiger partial charge < -0.3 is 25.2 Å². The van der Waals surface area contributed by atoms with Gasteiger partial charge in [0, 0.05) is 18.3 Å². The van der Waals surface area contributed by atoms with Crippen molar-refractivity contribution >= 4 is 5.78 Å². The van der Waals surface area contributed by atoms with Crippen molar-refractivity contribution in [1.82, 2.24) is 0 Å². The third-order valence-corrected chi connectivity index (χ3v) is 9.54. The van der Waals surface area contributed by atoms with Crippen molar-refractivity contribution in [2.45, 2.75) is 88.1 Å². The van der Waals surface area contributed by atoms with Crippen molar-refractivity contribution in [3.05, 3.63) is 82.9 Å². The van der Waals surface area contributed by atoms with E-state index in [2.05, 4.69) is 12.1 Å². The van der Waals surface area contributed by atoms with Crippen LogP contribution >= 0.6 is 0 Å². The highest BCUT2D eigenvalue weighted by molar-refractivity contribution is 5.80. The number of ketones is 1. The molecular formula is C35H42O6. The molecule has 41 heavy (non-hydrogen) atoms. The van der Waals surface area contributed by atoms with Crippen LogP contribution in [0.15, 0.2) is 60.7 Å². The van der Waals surface area contributed by atoms with Crippen LogP contribution in [0.3, 0.4) is 0 Å². The van der Waals surface area contributed by atoms with Gasteiger partial charge in [-0.3, -0.25) is 4.79 Å². The summed E-state index contributed by atoms with van der Waals surface area (Å²) in [6, 6.07) is 18.8. The summed E-state index contributed by atoms with van der Waals surface area (Å²) in [7, 11) is 1.52. The molecule has 0 bridgehead atoms. The Morgan fingerprint density at radius 1 is 0.951 bits per heavy atom. The summed E-state index contributed by atoms with van der Waals surface area (Å²) in [6.45, 7) is 0. The molecule has 6 nitrogen and oxygen atoms in total. The Labute approximate surface area is 242 Å². The number of carbonyl (C=O) groups is 1. The van der Waals surface area contributed by atoms with Gasteiger partial charge in [0.25, 0.3) is 0 Å². The standard InChI is InChI=1S/C35H42O6/c1-41-34-19-25(13-15-31(34)38)24(11-10-23-7-3-2-4-8-23)17-28(36)20-29(37)22-35-16-6-5-9-27(35)14-12-26-18-32(39)33(40)21-30(26)35/h2-4,7-8,13,15,18-19,21,24,27,29,37-40H,5-6,9-12,14,16-17,20,22H2,1H3. The molecule has 3 aromatic rings. The SMILES string of the molecule is COc1cc(C(CCc2ccccc2)CC(=O)CC(O)CC23CCCCC2CCc2cc(O)c(O)cc23)ccc1O. The zero-order chi connectivity index (χ0) is 29.0. The number of aromatic hydroxyl groups is 3. The molecule has 0 heterocycles. The predicted molar refractivity (Wildman–Crippen MR) is 159 cm³/mol. The van der Waals surface area contributed by atoms with Crippen LogP contribution in [0.25, 0.3) is 0 Å². The van der Waals surface area contributed by atoms with E-state index < -0.39 is 6.10 Å². The first-order valence-corrected chi connectivity index (χ1v) is 14.9. The van der Waals surface area contributed by atoms with Gasteiger partial charge in [-0.2, -0.15) is 0 Å². The van der Waals surface area contributed by atoms with Gasteiger partial charge in [0.15, 0.2) is 23.0 Å². The summed E-state index contributed by atoms with van der Waals surface area (Å²) in [5.74, 6) is 0.541. The maximum atomic E-state index is 13.5. The molecule has 218 valence electrons. The van der Waals surface area contributed by atoms with E-state index in [0.29, 0.717) is 24.5 Å². The summed E-state index contributed by atoms with van der Waals surface area (Å²) in [5.41, 5.74) is 3.91. The maximum absolute atomic E-state index is 13.5. The number of phenols is 3. The van der Waals surface area contributed by atoms with Crippen molar-refractivity contribution in [3.8, 4) is 23.0 Å². The molecule has 0 amide bonds. The fourth-order valence-electron chi connectivity index (χ4n) is 7.52. The van der Waals surface area contributed by atoms with Crippen LogP contribution in [0, 0.1) is 5.92 Å². The van der Waals surface area contributed by atoms with Gasteiger partial charge in [0.2, 0.25) is 0 Å². The number of rotatable bonds is 11. The fraction of sp³-hybridized carbons (Fsp3) is 0.457. The van der Waals surface area contributed by atoms with Crippen LogP contribution < -0.4 is 4.74 Å². The van der Waals surface area contributed by atoms with Crippen molar-refractivity contribution in [1.29, 1.82) is 0 Å². The molecule has 2 aliphatic carbocycles. The molecule has 2 aliphatic rings. The zero-order valence-electron chi connectivity index (χ0n) is 23.9. The van der Waals surface area contributed by atoms with Gasteiger partial charge in [-0.1, -0.05) is 49.2 Å². The maximum Gasteiger partial charge on any atom is 0.160 e. The number of phenolic OH excluding ortho intramolecular Hbond substituents is 3. The van der Waals surface area contributed by atoms with Gasteiger partial charge in [-0.05, 0) is 103 Å². The van der Waals surface area contributed by atoms with Gasteiger partial charge in [-0.25, -0.2) is 0 Å². The topological polar surface area (TPSA) is 107 Å². The Kier molecular flexibility index (Phi) is 8.88. The van der Waals surface area contributed by atoms with Crippen molar-refractivity contribution in [2.75, 3.05) is 7.11 Å². The molecule has 1 fully saturated rings. The molecule has 4 atom stereocenters. The number of methoxy groups -OCH3 is 1. The highest BCUT2D eigenvalue weighted by Gasteiger charge is 2.47. The number of aliphatic hydroxyl groups is 1. The number of Topliss-reactive ketones (excluding diaryl/α,β-unsaturated/α-hetero) is 1. The van der Waals surface area contributed by atoms with Gasteiger partial charge in [0.05, 0.1) is 13.2 Å². The lowest BCUT2D eigenvalue weighted by Crippen LogP contribution is -2.44. The largest absolute Gasteiger partial charge is 0.504 e. The van der Waals surface area contributed by atoms with E-state index in [1.165, 1.54) is 12.7 Å². The van der Waals surface area contributed by atoms with E-state index in [9.17, 15) is 25.2 Å². The highest BCUT2D eigenvalue weighted by Crippen LogP contribution is 2.54. The molecule has 0 spiro atoms. The number of carbonyl (C=O) groups excluding carboxylic acids is 1. The zero-order valence-corrected chi connectivity index (χ0v) is 23.9. The molecule has 4 unspecified atom stereocenters. The minimum Gasteiger partial charge on any atom is -0.504 e. The van der Waals surface area contributed by atoms with E-state index in [1.54, 1.807) is 24.3 Å². The number of fused-ring (bicyclic) bond motifs is 3. The number of benzene rings is 3. The van der Waals surface area contributed by atoms with E-state index in [4.69, 9.17) is 4.74 Å². The first-order chi connectivity index (χ1) is 19.8. The Morgan fingerprint density at radius 2 is 1.73 bits per heavy atom. The van der Waals surface area contributed by atoms with Crippen molar-refractivity contribution in [2.24, 2.45) is 5.92 Å². The van der Waals surface area contributed by atoms with E-state index in [1.807, 2.05) is 24.3 Å². The average molecular weight is 559 g/mol. The first-order valence-electron chi connectivity index (χ1n) is 14.9. The summed E-state index contributed by atoms with van der Waals surface area (Å²) in [5, 5.41) is 42.0. The van der Waals surface area contributed by atoms with Crippen LogP contribution in [-0.2, 0) is 23.1 Å². The van der Waals surface area contributed by atoms with E-state index in [-0.39, 0.29) is 40.8 Å². The minimum absolute atomic E-state index is 0.0101. The van der Waals surface area contributed by atoms with Gasteiger partial charge >= 0.3 is 0 Å². The number of hydrogen-bond acceptors (Lipinski definition) is 6. The summed E-state index contributed by atoms with van der Waals surface area (Å²) < 4.78 is 5.34. The lowest BCUT2D eigenvalue weighted by atomic mass is 9.55. The molecule has 3 aromatic carbocycles. The molecule has 0 radical (unpaired) electrons. The second-order valence-corrected chi connectivity index (χ2v) is 12.1. The molecule has 1 saturated carbocycles. The number of hydrogen-bond donors (Lipinski definition) is 4. The predicted octanol–water partition coefficient (Wildman–Crippen LogP) is 6.70. The lowest BCUT2D eigenvalue weighted by Gasteiger charge is -2.50. The number of aryl methyl sites for hydroxylation is 2. The molecule has 0 aromatic heterocycles. The Bertz CT molecular complexity index is 1350. The van der Waals surface area contributed by atoms with Gasteiger partial charge in [-0.15, -0.1) is 0 Å². The molecule has 0 saturated heterocycles. The molecule has 6 heteroatoms. The van der Waals surface area contributed by atoms with Crippen LogP contribution in [0.4, 0.5) is 0 Å². The Hall–Kier alpha value is -3.51. The summed E-state index contributed by atoms with van der Waals surface area (Å²) in [6.07, 6.45) is 7.62. The quantitative estimate of drug-likeness (QED) is 0.195. The lowest BCUT2D eigenvalue weighted by molar-refractivity contribution is -0.121. The van der Waals surface area contributed by atoms with Crippen molar-refractivity contribution < 1.29 is 30.0 Å². The van der Waals surface area contributed by atoms with E-state index >= 15 is 0 Å². The van der Waals surface area contributed by atoms with Crippen LogP contribution in [0.1, 0.15) is 86.0 Å². The fourth-order valence-corrected chi connectivity index (χ4v) is 7.52. The second kappa shape index (κ2) is 12.6. The third-order valence-electron chi connectivity index (χ3n) is 9.54. The number of ether oxygens (including phenoxy) is 1. The molecule has 5 rings (SSSR count). The Morgan fingerprint density at radius 3 is 2.51 bits per heavy atom. The van der Waals surface area contributed by atoms with Crippen LogP contribution in [-0.4, -0.2) is 39.4 Å². The summed E-state index contributed by atoms with van der Waals surface area (Å²) >= 11 is 0. The first kappa shape index (κ1) is 29.0. The molecule has 4 N–H and O–H groups in total. The average Bonchev–Trinajstić information content (AvgIpc) is 2.96. The molecule has 0 aliphatic heterocycles. The highest BCUT2D eigenvalue weighted by atomic mass is 16.5. The van der Waals surface area contributed by atoms with Crippen molar-refractivity contribution in [3.63, 3.8) is 0 Å². The smallest absolute Gasteiger partial charge is 0.160 e. The monoisotopic (exact) mass is 558 g/mol. The van der Waals surface area contributed by atoms with Crippen LogP contribution in [0.2, 0.25) is 0 Å². The summed E-state index contributed by atoms with van der Waals surface area (Å²) in [4.78, 5) is 13.5. The van der Waals surface area contributed by atoms with E-state index in [0.717, 1.165) is 68.1 Å². The van der Waals surface area contributed by atoms with Crippen LogP contribution in [0.5, 0.6) is 23.0 Å². The second-order valence-electron chi connectivity index (χ2n) is 12.1. The molecular weight excluding hydrogens is 516 g/mol. The number of aliphatic hydroxyl groups excluding tert-OH is 1. The minimum atomic E-state index is -0.797. The normalized spacial score (nSPS) is 21.4. The third kappa shape index (κ3) is 6.38.